The van der Waals surface area contributed by atoms with E-state index in [0.717, 1.165) is 5.56 Å². The molecule has 0 spiro atoms. The molecule has 84 valence electrons. The van der Waals surface area contributed by atoms with Crippen molar-refractivity contribution in [1.29, 1.82) is 0 Å². The summed E-state index contributed by atoms with van der Waals surface area (Å²) in [6, 6.07) is 7.41. The van der Waals surface area contributed by atoms with Gasteiger partial charge < -0.3 is 4.74 Å². The third-order valence-electron chi connectivity index (χ3n) is 3.06. The highest BCUT2D eigenvalue weighted by Gasteiger charge is 2.47. The summed E-state index contributed by atoms with van der Waals surface area (Å²) < 4.78 is 5.13. The van der Waals surface area contributed by atoms with Gasteiger partial charge in [-0.05, 0) is 5.56 Å². The van der Waals surface area contributed by atoms with Crippen LogP contribution in [0, 0.1) is 0 Å². The molecule has 0 saturated heterocycles. The van der Waals surface area contributed by atoms with Crippen LogP contribution in [0.2, 0.25) is 0 Å². The second-order valence-electron chi connectivity index (χ2n) is 4.62. The smallest absolute Gasteiger partial charge is 0.303 e. The van der Waals surface area contributed by atoms with Crippen molar-refractivity contribution in [2.75, 3.05) is 0 Å². The molecule has 1 atom stereocenters. The summed E-state index contributed by atoms with van der Waals surface area (Å²) in [6.45, 7) is 5.17. The van der Waals surface area contributed by atoms with Gasteiger partial charge in [-0.3, -0.25) is 9.59 Å². The van der Waals surface area contributed by atoms with Gasteiger partial charge in [0.25, 0.3) is 0 Å². The standard InChI is InChI=1S/C13H14O3/c1-8(14)16-12-11(15)9-6-4-5-7-10(9)13(12,2)3/h4-7,12H,1-3H3. The Morgan fingerprint density at radius 2 is 1.94 bits per heavy atom. The van der Waals surface area contributed by atoms with E-state index in [1.807, 2.05) is 32.0 Å². The van der Waals surface area contributed by atoms with Crippen LogP contribution < -0.4 is 0 Å². The molecular weight excluding hydrogens is 204 g/mol. The Morgan fingerprint density at radius 3 is 2.50 bits per heavy atom. The van der Waals surface area contributed by atoms with Gasteiger partial charge in [0.2, 0.25) is 5.78 Å². The van der Waals surface area contributed by atoms with Crippen LogP contribution in [0.15, 0.2) is 24.3 Å². The Balaban J connectivity index is 2.48. The Morgan fingerprint density at radius 1 is 1.31 bits per heavy atom. The van der Waals surface area contributed by atoms with Crippen molar-refractivity contribution in [2.45, 2.75) is 32.3 Å². The van der Waals surface area contributed by atoms with E-state index >= 15 is 0 Å². The van der Waals surface area contributed by atoms with Gasteiger partial charge in [-0.1, -0.05) is 38.1 Å². The van der Waals surface area contributed by atoms with E-state index in [4.69, 9.17) is 4.74 Å². The van der Waals surface area contributed by atoms with Gasteiger partial charge >= 0.3 is 5.97 Å². The highest BCUT2D eigenvalue weighted by Crippen LogP contribution is 2.39. The fraction of sp³-hybridized carbons (Fsp3) is 0.385. The van der Waals surface area contributed by atoms with E-state index in [1.165, 1.54) is 6.92 Å². The lowest BCUT2D eigenvalue weighted by Crippen LogP contribution is -2.36. The van der Waals surface area contributed by atoms with Gasteiger partial charge in [0.15, 0.2) is 6.10 Å². The molecule has 3 nitrogen and oxygen atoms in total. The lowest BCUT2D eigenvalue weighted by atomic mass is 9.84. The second-order valence-corrected chi connectivity index (χ2v) is 4.62. The summed E-state index contributed by atoms with van der Waals surface area (Å²) in [4.78, 5) is 23.1. The monoisotopic (exact) mass is 218 g/mol. The second kappa shape index (κ2) is 3.44. The van der Waals surface area contributed by atoms with Crippen LogP contribution in [-0.2, 0) is 14.9 Å². The number of hydrogen-bond donors (Lipinski definition) is 0. The highest BCUT2D eigenvalue weighted by molar-refractivity contribution is 6.06. The zero-order valence-electron chi connectivity index (χ0n) is 9.61. The number of rotatable bonds is 1. The van der Waals surface area contributed by atoms with Crippen LogP contribution in [0.1, 0.15) is 36.7 Å². The molecule has 0 radical (unpaired) electrons. The summed E-state index contributed by atoms with van der Waals surface area (Å²) in [5, 5.41) is 0. The van der Waals surface area contributed by atoms with Crippen LogP contribution in [0.3, 0.4) is 0 Å². The first-order valence-electron chi connectivity index (χ1n) is 5.25. The average Bonchev–Trinajstić information content (AvgIpc) is 2.41. The van der Waals surface area contributed by atoms with Gasteiger partial charge in [0.05, 0.1) is 0 Å². The number of benzene rings is 1. The quantitative estimate of drug-likeness (QED) is 0.678. The number of hydrogen-bond acceptors (Lipinski definition) is 3. The number of Topliss-reactive ketones (excluding diaryl/α,β-unsaturated/α-hetero) is 1. The summed E-state index contributed by atoms with van der Waals surface area (Å²) in [5.41, 5.74) is 1.17. The summed E-state index contributed by atoms with van der Waals surface area (Å²) >= 11 is 0. The maximum absolute atomic E-state index is 12.1. The number of esters is 1. The number of ketones is 1. The molecule has 0 N–H and O–H groups in total. The molecule has 0 aliphatic heterocycles. The number of carbonyl (C=O) groups excluding carboxylic acids is 2. The molecule has 0 saturated carbocycles. The largest absolute Gasteiger partial charge is 0.453 e. The van der Waals surface area contributed by atoms with Gasteiger partial charge in [0, 0.05) is 17.9 Å². The van der Waals surface area contributed by atoms with Crippen molar-refractivity contribution < 1.29 is 14.3 Å². The molecule has 1 aromatic rings. The van der Waals surface area contributed by atoms with Gasteiger partial charge in [-0.2, -0.15) is 0 Å². The maximum Gasteiger partial charge on any atom is 0.303 e. The van der Waals surface area contributed by atoms with Crippen LogP contribution in [-0.4, -0.2) is 17.9 Å². The zero-order chi connectivity index (χ0) is 11.9. The van der Waals surface area contributed by atoms with Crippen LogP contribution in [0.25, 0.3) is 0 Å². The Bertz CT molecular complexity index is 460. The predicted molar refractivity (Wildman–Crippen MR) is 59.4 cm³/mol. The molecule has 0 heterocycles. The van der Waals surface area contributed by atoms with Crippen LogP contribution >= 0.6 is 0 Å². The molecule has 0 aromatic heterocycles. The van der Waals surface area contributed by atoms with E-state index < -0.39 is 17.5 Å². The molecule has 1 aliphatic rings. The lowest BCUT2D eigenvalue weighted by Gasteiger charge is -2.25. The van der Waals surface area contributed by atoms with Crippen LogP contribution in [0.4, 0.5) is 0 Å². The van der Waals surface area contributed by atoms with Gasteiger partial charge in [-0.15, -0.1) is 0 Å². The van der Waals surface area contributed by atoms with Crippen molar-refractivity contribution in [2.24, 2.45) is 0 Å². The summed E-state index contributed by atoms with van der Waals surface area (Å²) in [7, 11) is 0. The van der Waals surface area contributed by atoms with E-state index in [0.29, 0.717) is 5.56 Å². The Hall–Kier alpha value is -1.64. The molecule has 16 heavy (non-hydrogen) atoms. The summed E-state index contributed by atoms with van der Waals surface area (Å²) in [5.74, 6) is -0.518. The highest BCUT2D eigenvalue weighted by atomic mass is 16.5. The van der Waals surface area contributed by atoms with E-state index in [-0.39, 0.29) is 5.78 Å². The first-order valence-corrected chi connectivity index (χ1v) is 5.25. The van der Waals surface area contributed by atoms with Crippen molar-refractivity contribution in [3.63, 3.8) is 0 Å². The van der Waals surface area contributed by atoms with Crippen molar-refractivity contribution in [3.8, 4) is 0 Å². The van der Waals surface area contributed by atoms with Gasteiger partial charge in [0.1, 0.15) is 0 Å². The van der Waals surface area contributed by atoms with Crippen molar-refractivity contribution in [3.05, 3.63) is 35.4 Å². The number of fused-ring (bicyclic) bond motifs is 1. The zero-order valence-corrected chi connectivity index (χ0v) is 9.61. The molecule has 1 unspecified atom stereocenters. The van der Waals surface area contributed by atoms with E-state index in [1.54, 1.807) is 6.07 Å². The third kappa shape index (κ3) is 1.43. The van der Waals surface area contributed by atoms with Crippen molar-refractivity contribution >= 4 is 11.8 Å². The lowest BCUT2D eigenvalue weighted by molar-refractivity contribution is -0.146. The minimum absolute atomic E-state index is 0.101. The molecule has 1 aliphatic carbocycles. The molecule has 2 rings (SSSR count). The Kier molecular flexibility index (Phi) is 2.34. The third-order valence-corrected chi connectivity index (χ3v) is 3.06. The molecule has 0 bridgehead atoms. The SMILES string of the molecule is CC(=O)OC1C(=O)c2ccccc2C1(C)C. The molecule has 0 fully saturated rings. The minimum atomic E-state index is -0.692. The number of ether oxygens (including phenoxy) is 1. The fourth-order valence-electron chi connectivity index (χ4n) is 2.24. The first kappa shape index (κ1) is 10.9. The molecule has 0 amide bonds. The maximum atomic E-state index is 12.1. The average molecular weight is 218 g/mol. The molecule has 3 heteroatoms. The fourth-order valence-corrected chi connectivity index (χ4v) is 2.24. The van der Waals surface area contributed by atoms with E-state index in [9.17, 15) is 9.59 Å². The predicted octanol–water partition coefficient (Wildman–Crippen LogP) is 2.09. The number of carbonyl (C=O) groups is 2. The Labute approximate surface area is 94.4 Å². The van der Waals surface area contributed by atoms with Gasteiger partial charge in [-0.25, -0.2) is 0 Å². The normalized spacial score (nSPS) is 21.7. The van der Waals surface area contributed by atoms with Crippen LogP contribution in [0.5, 0.6) is 0 Å². The molecular formula is C13H14O3. The summed E-state index contributed by atoms with van der Waals surface area (Å²) in [6.07, 6.45) is -0.692. The molecule has 1 aromatic carbocycles. The topological polar surface area (TPSA) is 43.4 Å². The first-order chi connectivity index (χ1) is 7.44. The minimum Gasteiger partial charge on any atom is -0.453 e. The van der Waals surface area contributed by atoms with Crippen molar-refractivity contribution in [1.82, 2.24) is 0 Å². The van der Waals surface area contributed by atoms with E-state index in [2.05, 4.69) is 0 Å².